The van der Waals surface area contributed by atoms with Crippen molar-refractivity contribution in [1.29, 1.82) is 0 Å². The van der Waals surface area contributed by atoms with Crippen molar-refractivity contribution in [2.45, 2.75) is 0 Å². The lowest BCUT2D eigenvalue weighted by Gasteiger charge is -2.06. The van der Waals surface area contributed by atoms with Crippen molar-refractivity contribution in [3.05, 3.63) is 30.3 Å². The van der Waals surface area contributed by atoms with Crippen molar-refractivity contribution in [3.8, 4) is 17.1 Å². The van der Waals surface area contributed by atoms with E-state index in [4.69, 9.17) is 16.2 Å². The van der Waals surface area contributed by atoms with Crippen LogP contribution in [0.1, 0.15) is 0 Å². The maximum Gasteiger partial charge on any atom is 0.180 e. The number of benzene rings is 1. The average molecular weight is 255 g/mol. The zero-order chi connectivity index (χ0) is 13.4. The highest BCUT2D eigenvalue weighted by Gasteiger charge is 2.11. The normalized spacial score (nSPS) is 10.8. The third-order valence-electron chi connectivity index (χ3n) is 2.85. The van der Waals surface area contributed by atoms with E-state index in [-0.39, 0.29) is 0 Å². The van der Waals surface area contributed by atoms with E-state index in [0.29, 0.717) is 28.7 Å². The summed E-state index contributed by atoms with van der Waals surface area (Å²) in [7, 11) is 1.59. The van der Waals surface area contributed by atoms with Gasteiger partial charge in [-0.05, 0) is 24.3 Å². The predicted octanol–water partition coefficient (Wildman–Crippen LogP) is 1.80. The molecule has 5 N–H and O–H groups in total. The fraction of sp³-hybridized carbons (Fsp3) is 0.0769. The van der Waals surface area contributed by atoms with Gasteiger partial charge in [-0.3, -0.25) is 0 Å². The third-order valence-corrected chi connectivity index (χ3v) is 2.85. The van der Waals surface area contributed by atoms with Gasteiger partial charge in [0.05, 0.1) is 18.2 Å². The molecular weight excluding hydrogens is 242 g/mol. The number of aromatic amines is 1. The topological polar surface area (TPSA) is 103 Å². The number of H-pyrrole nitrogens is 1. The molecule has 0 saturated carbocycles. The van der Waals surface area contributed by atoms with Gasteiger partial charge in [0, 0.05) is 11.8 Å². The van der Waals surface area contributed by atoms with E-state index in [1.807, 2.05) is 12.1 Å². The first-order chi connectivity index (χ1) is 9.17. The summed E-state index contributed by atoms with van der Waals surface area (Å²) in [6, 6.07) is 8.98. The van der Waals surface area contributed by atoms with Gasteiger partial charge in [-0.1, -0.05) is 0 Å². The molecule has 0 aliphatic rings. The Balaban J connectivity index is 2.18. The molecule has 2 heterocycles. The second-order valence-corrected chi connectivity index (χ2v) is 4.15. The first-order valence-corrected chi connectivity index (χ1v) is 5.73. The van der Waals surface area contributed by atoms with Crippen LogP contribution >= 0.6 is 0 Å². The Hall–Kier alpha value is -2.76. The van der Waals surface area contributed by atoms with Crippen LogP contribution in [-0.2, 0) is 0 Å². The van der Waals surface area contributed by atoms with Gasteiger partial charge in [0.25, 0.3) is 0 Å². The SMILES string of the molecule is COc1cc(N)ccc1-c1nc2nc(N)ccc2[nH]1. The quantitative estimate of drug-likeness (QED) is 0.606. The molecule has 6 heteroatoms. The van der Waals surface area contributed by atoms with Crippen molar-refractivity contribution in [2.75, 3.05) is 18.6 Å². The van der Waals surface area contributed by atoms with Gasteiger partial charge in [-0.2, -0.15) is 0 Å². The Kier molecular flexibility index (Phi) is 2.49. The maximum atomic E-state index is 5.74. The minimum absolute atomic E-state index is 0.440. The minimum atomic E-state index is 0.440. The molecule has 2 aromatic heterocycles. The van der Waals surface area contributed by atoms with Crippen LogP contribution in [0.25, 0.3) is 22.6 Å². The summed E-state index contributed by atoms with van der Waals surface area (Å²) in [5.41, 5.74) is 14.2. The van der Waals surface area contributed by atoms with Crippen molar-refractivity contribution >= 4 is 22.7 Å². The van der Waals surface area contributed by atoms with Crippen molar-refractivity contribution in [1.82, 2.24) is 15.0 Å². The highest BCUT2D eigenvalue weighted by Crippen LogP contribution is 2.30. The molecule has 3 rings (SSSR count). The number of nitrogens with two attached hydrogens (primary N) is 2. The standard InChI is InChI=1S/C13H13N5O/c1-19-10-6-7(14)2-3-8(10)12-16-9-4-5-11(15)17-13(9)18-12/h2-6H,14H2,1H3,(H3,15,16,17,18). The summed E-state index contributed by atoms with van der Waals surface area (Å²) in [6.07, 6.45) is 0. The molecule has 0 bridgehead atoms. The molecule has 96 valence electrons. The predicted molar refractivity (Wildman–Crippen MR) is 74.7 cm³/mol. The zero-order valence-corrected chi connectivity index (χ0v) is 10.3. The summed E-state index contributed by atoms with van der Waals surface area (Å²) >= 11 is 0. The number of nitrogens with one attached hydrogen (secondary N) is 1. The van der Waals surface area contributed by atoms with Crippen LogP contribution in [0, 0.1) is 0 Å². The van der Waals surface area contributed by atoms with Crippen LogP contribution in [0.15, 0.2) is 30.3 Å². The number of imidazole rings is 1. The highest BCUT2D eigenvalue weighted by molar-refractivity contribution is 5.79. The van der Waals surface area contributed by atoms with Gasteiger partial charge in [-0.25, -0.2) is 9.97 Å². The molecule has 3 aromatic rings. The lowest BCUT2D eigenvalue weighted by molar-refractivity contribution is 0.416. The Morgan fingerprint density at radius 3 is 2.74 bits per heavy atom. The number of aromatic nitrogens is 3. The van der Waals surface area contributed by atoms with Gasteiger partial charge in [0.15, 0.2) is 5.65 Å². The van der Waals surface area contributed by atoms with Crippen LogP contribution < -0.4 is 16.2 Å². The van der Waals surface area contributed by atoms with E-state index < -0.39 is 0 Å². The van der Waals surface area contributed by atoms with Gasteiger partial charge >= 0.3 is 0 Å². The smallest absolute Gasteiger partial charge is 0.180 e. The highest BCUT2D eigenvalue weighted by atomic mass is 16.5. The summed E-state index contributed by atoms with van der Waals surface area (Å²) in [5.74, 6) is 1.77. The summed E-state index contributed by atoms with van der Waals surface area (Å²) in [6.45, 7) is 0. The van der Waals surface area contributed by atoms with E-state index in [1.54, 1.807) is 25.3 Å². The molecule has 0 aliphatic carbocycles. The number of pyridine rings is 1. The number of nitrogens with zero attached hydrogens (tertiary/aromatic N) is 2. The van der Waals surface area contributed by atoms with Crippen molar-refractivity contribution in [2.24, 2.45) is 0 Å². The fourth-order valence-electron chi connectivity index (χ4n) is 1.94. The first-order valence-electron chi connectivity index (χ1n) is 5.73. The monoisotopic (exact) mass is 255 g/mol. The minimum Gasteiger partial charge on any atom is -0.496 e. The number of ether oxygens (including phenoxy) is 1. The Bertz CT molecular complexity index is 750. The van der Waals surface area contributed by atoms with Crippen LogP contribution in [0.3, 0.4) is 0 Å². The number of fused-ring (bicyclic) bond motifs is 1. The number of rotatable bonds is 2. The van der Waals surface area contributed by atoms with Gasteiger partial charge in [0.2, 0.25) is 0 Å². The van der Waals surface area contributed by atoms with Crippen LogP contribution in [-0.4, -0.2) is 22.1 Å². The van der Waals surface area contributed by atoms with E-state index in [1.165, 1.54) is 0 Å². The van der Waals surface area contributed by atoms with Gasteiger partial charge in [0.1, 0.15) is 17.4 Å². The molecule has 0 radical (unpaired) electrons. The van der Waals surface area contributed by atoms with E-state index in [2.05, 4.69) is 15.0 Å². The number of nitrogen functional groups attached to an aromatic ring is 2. The molecule has 0 atom stereocenters. The number of hydrogen-bond donors (Lipinski definition) is 3. The zero-order valence-electron chi connectivity index (χ0n) is 10.3. The fourth-order valence-corrected chi connectivity index (χ4v) is 1.94. The molecule has 1 aromatic carbocycles. The molecule has 19 heavy (non-hydrogen) atoms. The Labute approximate surface area is 109 Å². The van der Waals surface area contributed by atoms with E-state index >= 15 is 0 Å². The van der Waals surface area contributed by atoms with E-state index in [9.17, 15) is 0 Å². The summed E-state index contributed by atoms with van der Waals surface area (Å²) < 4.78 is 5.32. The number of hydrogen-bond acceptors (Lipinski definition) is 5. The molecule has 0 spiro atoms. The van der Waals surface area contributed by atoms with Gasteiger partial charge in [-0.15, -0.1) is 0 Å². The molecule has 0 aliphatic heterocycles. The maximum absolute atomic E-state index is 5.74. The summed E-state index contributed by atoms with van der Waals surface area (Å²) in [4.78, 5) is 11.8. The molecule has 0 saturated heterocycles. The average Bonchev–Trinajstić information content (AvgIpc) is 2.81. The second kappa shape index (κ2) is 4.16. The Morgan fingerprint density at radius 1 is 1.11 bits per heavy atom. The molecule has 0 amide bonds. The van der Waals surface area contributed by atoms with Crippen LogP contribution in [0.5, 0.6) is 5.75 Å². The largest absolute Gasteiger partial charge is 0.496 e. The summed E-state index contributed by atoms with van der Waals surface area (Å²) in [5, 5.41) is 0. The number of methoxy groups -OCH3 is 1. The molecule has 6 nitrogen and oxygen atoms in total. The lowest BCUT2D eigenvalue weighted by atomic mass is 10.1. The number of anilines is 2. The van der Waals surface area contributed by atoms with Crippen molar-refractivity contribution < 1.29 is 4.74 Å². The lowest BCUT2D eigenvalue weighted by Crippen LogP contribution is -1.92. The van der Waals surface area contributed by atoms with Crippen LogP contribution in [0.4, 0.5) is 11.5 Å². The Morgan fingerprint density at radius 2 is 1.95 bits per heavy atom. The van der Waals surface area contributed by atoms with Gasteiger partial charge < -0.3 is 21.2 Å². The molecule has 0 unspecified atom stereocenters. The third kappa shape index (κ3) is 1.93. The van der Waals surface area contributed by atoms with E-state index in [0.717, 1.165) is 11.1 Å². The van der Waals surface area contributed by atoms with Crippen molar-refractivity contribution in [3.63, 3.8) is 0 Å². The van der Waals surface area contributed by atoms with Crippen LogP contribution in [0.2, 0.25) is 0 Å². The molecule has 0 fully saturated rings. The second-order valence-electron chi connectivity index (χ2n) is 4.15. The first kappa shape index (κ1) is 11.3. The molecular formula is C13H13N5O.